The first-order chi connectivity index (χ1) is 31.0. The number of hydrogen-bond acceptors (Lipinski definition) is 11. The summed E-state index contributed by atoms with van der Waals surface area (Å²) in [4.78, 5) is 3.68. The van der Waals surface area contributed by atoms with Crippen molar-refractivity contribution in [2.75, 3.05) is 26.2 Å². The average molecular weight is 886 g/mol. The Labute approximate surface area is 381 Å². The summed E-state index contributed by atoms with van der Waals surface area (Å²) in [6, 6.07) is 9.59. The molecule has 3 aliphatic carbocycles. The molecule has 2 saturated carbocycles. The van der Waals surface area contributed by atoms with E-state index in [2.05, 4.69) is 27.8 Å². The van der Waals surface area contributed by atoms with Crippen LogP contribution in [0.2, 0.25) is 0 Å². The zero-order chi connectivity index (χ0) is 45.1. The van der Waals surface area contributed by atoms with Gasteiger partial charge in [-0.25, -0.2) is 0 Å². The number of ether oxygens (including phenoxy) is 1. The molecule has 4 aliphatic rings. The molecule has 1 spiro atoms. The molecule has 0 saturated heterocycles. The minimum absolute atomic E-state index is 0.00331. The fraction of sp³-hybridized carbons (Fsp3) is 0.654. The largest absolute Gasteiger partial charge is 0.504 e. The monoisotopic (exact) mass is 886 g/mol. The van der Waals surface area contributed by atoms with E-state index in [0.29, 0.717) is 54.6 Å². The minimum Gasteiger partial charge on any atom is -0.504 e. The normalized spacial score (nSPS) is 22.2. The summed E-state index contributed by atoms with van der Waals surface area (Å²) in [5, 5.41) is 59.5. The molecule has 0 radical (unpaired) electrons. The molecule has 12 nitrogen and oxygen atoms in total. The quantitative estimate of drug-likeness (QED) is 0.0380. The predicted molar refractivity (Wildman–Crippen MR) is 252 cm³/mol. The Balaban J connectivity index is 0.852. The molecule has 3 aromatic rings. The number of rotatable bonds is 25. The maximum atomic E-state index is 11.5. The van der Waals surface area contributed by atoms with Crippen LogP contribution in [-0.2, 0) is 32.3 Å². The third kappa shape index (κ3) is 12.8. The molecule has 64 heavy (non-hydrogen) atoms. The third-order valence-electron chi connectivity index (χ3n) is 15.1. The highest BCUT2D eigenvalue weighted by Crippen LogP contribution is 2.60. The van der Waals surface area contributed by atoms with Gasteiger partial charge in [0.15, 0.2) is 11.5 Å². The van der Waals surface area contributed by atoms with Crippen molar-refractivity contribution in [1.82, 2.24) is 15.6 Å². The van der Waals surface area contributed by atoms with Crippen LogP contribution in [0.15, 0.2) is 58.3 Å². The highest BCUT2D eigenvalue weighted by Gasteiger charge is 2.51. The van der Waals surface area contributed by atoms with Crippen molar-refractivity contribution in [3.8, 4) is 11.5 Å². The van der Waals surface area contributed by atoms with E-state index in [4.69, 9.17) is 20.6 Å². The van der Waals surface area contributed by atoms with Crippen LogP contribution >= 0.6 is 0 Å². The zero-order valence-electron chi connectivity index (χ0n) is 38.5. The van der Waals surface area contributed by atoms with E-state index in [1.165, 1.54) is 61.8 Å². The van der Waals surface area contributed by atoms with E-state index in [0.717, 1.165) is 112 Å². The number of aliphatic hydroxyl groups is 4. The molecule has 1 aromatic carbocycles. The van der Waals surface area contributed by atoms with Crippen LogP contribution in [0.1, 0.15) is 161 Å². The summed E-state index contributed by atoms with van der Waals surface area (Å²) in [6.45, 7) is 3.89. The number of aromatic amines is 1. The van der Waals surface area contributed by atoms with Gasteiger partial charge in [0.25, 0.3) is 0 Å². The van der Waals surface area contributed by atoms with Crippen molar-refractivity contribution < 1.29 is 34.7 Å². The standard InChI is InChI=1S/C52H79N5O7/c1-34(59)30-55-31-43-41-10-8-11-44(41)52(22-6-7-23-52)29-46-42(43)28-45(57-46)48(62)33-63-50-25-35(15-20-47(50)61)14-19-40-27-37(32-58)49(64-40)12-5-3-2-4-9-38(53)16-18-39(60)17-13-36-21-24-56-51(54)26-36/h15,20-21,25-28,34,38-39,41,43-44,48,55-62H,2-14,16-19,22-24,29-33,53-54H2,1H3/t34-,38-,39+,41-,43-,44-,48-/m0/s1. The molecule has 7 atom stereocenters. The SMILES string of the molecule is C[C@H](O)CNC[C@@H]1c2cc([C@@H](O)COc3cc(CCc4cc(CO)c(CCCCCC[C@H](N)CC[C@H](O)CCC5=CCNC(N)=C5)o4)ccc3O)[nH]c2CC2(CCCC2)[C@H]2CCC[C@@H]12. The summed E-state index contributed by atoms with van der Waals surface area (Å²) in [7, 11) is 0. The van der Waals surface area contributed by atoms with Gasteiger partial charge in [0.1, 0.15) is 24.2 Å². The fourth-order valence-corrected chi connectivity index (χ4v) is 11.7. The first-order valence-electron chi connectivity index (χ1n) is 24.8. The number of aliphatic hydroxyl groups excluding tert-OH is 4. The maximum absolute atomic E-state index is 11.5. The topological polar surface area (TPSA) is 215 Å². The predicted octanol–water partition coefficient (Wildman–Crippen LogP) is 7.36. The van der Waals surface area contributed by atoms with Crippen LogP contribution < -0.4 is 26.8 Å². The molecule has 1 aliphatic heterocycles. The molecule has 0 unspecified atom stereocenters. The van der Waals surface area contributed by atoms with Gasteiger partial charge in [-0.1, -0.05) is 50.7 Å². The number of furan rings is 1. The van der Waals surface area contributed by atoms with Crippen LogP contribution in [0.3, 0.4) is 0 Å². The molecule has 354 valence electrons. The number of phenols is 1. The lowest BCUT2D eigenvalue weighted by Crippen LogP contribution is -2.36. The number of nitrogens with one attached hydrogen (secondary N) is 3. The van der Waals surface area contributed by atoms with Crippen LogP contribution in [0, 0.1) is 17.3 Å². The number of unbranched alkanes of at least 4 members (excludes halogenated alkanes) is 3. The Hall–Kier alpha value is -3.78. The summed E-state index contributed by atoms with van der Waals surface area (Å²) in [5.41, 5.74) is 18.9. The molecular formula is C52H79N5O7. The second-order valence-electron chi connectivity index (χ2n) is 19.9. The van der Waals surface area contributed by atoms with Crippen LogP contribution in [-0.4, -0.2) is 75.0 Å². The summed E-state index contributed by atoms with van der Waals surface area (Å²) in [5.74, 6) is 4.36. The summed E-state index contributed by atoms with van der Waals surface area (Å²) >= 11 is 0. The number of H-pyrrole nitrogens is 1. The number of allylic oxidation sites excluding steroid dienone is 2. The summed E-state index contributed by atoms with van der Waals surface area (Å²) in [6.07, 6.45) is 22.6. The lowest BCUT2D eigenvalue weighted by Gasteiger charge is -2.39. The molecule has 0 bridgehead atoms. The van der Waals surface area contributed by atoms with Gasteiger partial charge in [0.05, 0.1) is 24.6 Å². The van der Waals surface area contributed by atoms with Crippen LogP contribution in [0.5, 0.6) is 11.5 Å². The van der Waals surface area contributed by atoms with E-state index in [9.17, 15) is 25.5 Å². The number of aryl methyl sites for hydroxylation is 3. The van der Waals surface area contributed by atoms with Gasteiger partial charge in [-0.2, -0.15) is 0 Å². The van der Waals surface area contributed by atoms with E-state index in [-0.39, 0.29) is 31.1 Å². The van der Waals surface area contributed by atoms with Gasteiger partial charge in [-0.15, -0.1) is 0 Å². The molecule has 7 rings (SSSR count). The van der Waals surface area contributed by atoms with E-state index < -0.39 is 12.2 Å². The zero-order valence-corrected chi connectivity index (χ0v) is 38.5. The van der Waals surface area contributed by atoms with Gasteiger partial charge in [-0.05, 0) is 148 Å². The Morgan fingerprint density at radius 3 is 2.56 bits per heavy atom. The molecule has 0 amide bonds. The van der Waals surface area contributed by atoms with Crippen LogP contribution in [0.25, 0.3) is 0 Å². The number of hydrogen-bond donors (Lipinski definition) is 10. The van der Waals surface area contributed by atoms with E-state index in [1.807, 2.05) is 31.2 Å². The van der Waals surface area contributed by atoms with Crippen molar-refractivity contribution in [2.45, 2.75) is 172 Å². The first kappa shape index (κ1) is 48.2. The fourth-order valence-electron chi connectivity index (χ4n) is 11.7. The van der Waals surface area contributed by atoms with Gasteiger partial charge in [0, 0.05) is 61.4 Å². The number of nitrogens with two attached hydrogens (primary N) is 2. The molecule has 2 aromatic heterocycles. The molecular weight excluding hydrogens is 807 g/mol. The van der Waals surface area contributed by atoms with Crippen LogP contribution in [0.4, 0.5) is 0 Å². The Kier molecular flexibility index (Phi) is 17.4. The van der Waals surface area contributed by atoms with E-state index in [1.54, 1.807) is 6.07 Å². The van der Waals surface area contributed by atoms with Gasteiger partial charge < -0.3 is 61.8 Å². The highest BCUT2D eigenvalue weighted by atomic mass is 16.5. The number of benzene rings is 1. The van der Waals surface area contributed by atoms with Crippen molar-refractivity contribution >= 4 is 0 Å². The second-order valence-corrected chi connectivity index (χ2v) is 19.9. The van der Waals surface area contributed by atoms with Gasteiger partial charge in [0.2, 0.25) is 0 Å². The van der Waals surface area contributed by atoms with Gasteiger partial charge >= 0.3 is 0 Å². The maximum Gasteiger partial charge on any atom is 0.161 e. The number of aromatic nitrogens is 1. The molecule has 12 N–H and O–H groups in total. The Morgan fingerprint density at radius 2 is 1.77 bits per heavy atom. The highest BCUT2D eigenvalue weighted by molar-refractivity contribution is 5.42. The van der Waals surface area contributed by atoms with Gasteiger partial charge in [-0.3, -0.25) is 0 Å². The first-order valence-corrected chi connectivity index (χ1v) is 24.8. The molecule has 3 heterocycles. The number of dihydropyridines is 1. The average Bonchev–Trinajstić information content (AvgIpc) is 4.11. The number of phenolic OH excluding ortho intramolecular Hbond substituents is 1. The molecule has 12 heteroatoms. The number of aromatic hydroxyl groups is 1. The Bertz CT molecular complexity index is 1980. The third-order valence-corrected chi connectivity index (χ3v) is 15.1. The lowest BCUT2D eigenvalue weighted by atomic mass is 9.66. The smallest absolute Gasteiger partial charge is 0.161 e. The minimum atomic E-state index is -0.891. The lowest BCUT2D eigenvalue weighted by molar-refractivity contribution is 0.101. The Morgan fingerprint density at radius 1 is 0.938 bits per heavy atom. The second kappa shape index (κ2) is 23.1. The van der Waals surface area contributed by atoms with Crippen molar-refractivity contribution in [3.05, 3.63) is 93.5 Å². The van der Waals surface area contributed by atoms with Crippen molar-refractivity contribution in [2.24, 2.45) is 28.7 Å². The van der Waals surface area contributed by atoms with Crippen molar-refractivity contribution in [1.29, 1.82) is 0 Å². The van der Waals surface area contributed by atoms with Crippen molar-refractivity contribution in [3.63, 3.8) is 0 Å². The molecule has 2 fully saturated rings. The van der Waals surface area contributed by atoms with E-state index >= 15 is 0 Å². The number of fused-ring (bicyclic) bond motifs is 3. The summed E-state index contributed by atoms with van der Waals surface area (Å²) < 4.78 is 12.4.